The molecule has 3 aromatic carbocycles. The van der Waals surface area contributed by atoms with Gasteiger partial charge in [0.15, 0.2) is 0 Å². The molecule has 0 saturated carbocycles. The van der Waals surface area contributed by atoms with Gasteiger partial charge in [-0.1, -0.05) is 43.4 Å². The van der Waals surface area contributed by atoms with Crippen molar-refractivity contribution < 1.29 is 8.78 Å². The van der Waals surface area contributed by atoms with Crippen molar-refractivity contribution in [3.8, 4) is 11.8 Å². The van der Waals surface area contributed by atoms with Gasteiger partial charge >= 0.3 is 0 Å². The van der Waals surface area contributed by atoms with Crippen LogP contribution in [0.2, 0.25) is 0 Å². The monoisotopic (exact) mass is 321 g/mol. The second kappa shape index (κ2) is 6.72. The fourth-order valence-corrected chi connectivity index (χ4v) is 2.64. The molecule has 0 spiro atoms. The van der Waals surface area contributed by atoms with Crippen molar-refractivity contribution in [2.24, 2.45) is 0 Å². The van der Waals surface area contributed by atoms with Crippen LogP contribution in [0, 0.1) is 23.5 Å². The Hall–Kier alpha value is -2.86. The summed E-state index contributed by atoms with van der Waals surface area (Å²) in [4.78, 5) is 0. The molecule has 0 radical (unpaired) electrons. The van der Waals surface area contributed by atoms with E-state index in [1.54, 1.807) is 30.3 Å². The summed E-state index contributed by atoms with van der Waals surface area (Å²) in [5.74, 6) is 4.13. The van der Waals surface area contributed by atoms with Crippen LogP contribution in [0.25, 0.3) is 10.8 Å². The van der Waals surface area contributed by atoms with E-state index >= 15 is 0 Å². The Morgan fingerprint density at radius 2 is 1.71 bits per heavy atom. The molecule has 0 atom stereocenters. The average molecular weight is 321 g/mol. The highest BCUT2D eigenvalue weighted by Gasteiger charge is 2.12. The van der Waals surface area contributed by atoms with Crippen molar-refractivity contribution in [2.75, 3.05) is 5.73 Å². The highest BCUT2D eigenvalue weighted by Crippen LogP contribution is 2.25. The predicted molar refractivity (Wildman–Crippen MR) is 94.7 cm³/mol. The first-order valence-corrected chi connectivity index (χ1v) is 7.86. The van der Waals surface area contributed by atoms with E-state index in [0.717, 1.165) is 18.4 Å². The SMILES string of the molecule is CCCc1ccc2c(F)c(C#Cc3ccc(N)cc3)c(F)cc2c1. The third-order valence-corrected chi connectivity index (χ3v) is 3.87. The number of rotatable bonds is 2. The number of nitrogens with two attached hydrogens (primary N) is 1. The minimum absolute atomic E-state index is 0.206. The molecular weight excluding hydrogens is 304 g/mol. The van der Waals surface area contributed by atoms with Gasteiger partial charge in [-0.25, -0.2) is 8.78 Å². The summed E-state index contributed by atoms with van der Waals surface area (Å²) in [6.07, 6.45) is 1.87. The molecule has 1 nitrogen and oxygen atoms in total. The summed E-state index contributed by atoms with van der Waals surface area (Å²) in [6, 6.07) is 13.6. The van der Waals surface area contributed by atoms with E-state index in [9.17, 15) is 8.78 Å². The van der Waals surface area contributed by atoms with Crippen molar-refractivity contribution in [1.82, 2.24) is 0 Å². The Balaban J connectivity index is 2.06. The van der Waals surface area contributed by atoms with Crippen LogP contribution < -0.4 is 5.73 Å². The Morgan fingerprint density at radius 3 is 2.42 bits per heavy atom. The molecule has 0 aromatic heterocycles. The molecule has 0 aliphatic rings. The quantitative estimate of drug-likeness (QED) is 0.518. The van der Waals surface area contributed by atoms with Crippen LogP contribution in [-0.4, -0.2) is 0 Å². The molecule has 0 amide bonds. The Labute approximate surface area is 140 Å². The zero-order valence-corrected chi connectivity index (χ0v) is 13.4. The topological polar surface area (TPSA) is 26.0 Å². The average Bonchev–Trinajstić information content (AvgIpc) is 2.56. The van der Waals surface area contributed by atoms with Gasteiger partial charge in [0.05, 0.1) is 5.56 Å². The summed E-state index contributed by atoms with van der Waals surface area (Å²) >= 11 is 0. The number of anilines is 1. The van der Waals surface area contributed by atoms with Gasteiger partial charge in [-0.15, -0.1) is 0 Å². The molecule has 0 aliphatic carbocycles. The van der Waals surface area contributed by atoms with Gasteiger partial charge in [0.25, 0.3) is 0 Å². The Morgan fingerprint density at radius 1 is 0.958 bits per heavy atom. The zero-order chi connectivity index (χ0) is 17.1. The summed E-state index contributed by atoms with van der Waals surface area (Å²) in [6.45, 7) is 2.07. The fourth-order valence-electron chi connectivity index (χ4n) is 2.64. The molecule has 120 valence electrons. The van der Waals surface area contributed by atoms with E-state index < -0.39 is 11.6 Å². The third-order valence-electron chi connectivity index (χ3n) is 3.87. The summed E-state index contributed by atoms with van der Waals surface area (Å²) in [5, 5.41) is 0.951. The lowest BCUT2D eigenvalue weighted by molar-refractivity contribution is 0.586. The van der Waals surface area contributed by atoms with Gasteiger partial charge in [-0.2, -0.15) is 0 Å². The maximum absolute atomic E-state index is 14.7. The fraction of sp³-hybridized carbons (Fsp3) is 0.143. The van der Waals surface area contributed by atoms with Crippen LogP contribution in [-0.2, 0) is 6.42 Å². The molecule has 24 heavy (non-hydrogen) atoms. The Bertz CT molecular complexity index is 947. The lowest BCUT2D eigenvalue weighted by Gasteiger charge is -2.06. The molecule has 0 heterocycles. The van der Waals surface area contributed by atoms with Crippen molar-refractivity contribution in [3.63, 3.8) is 0 Å². The zero-order valence-electron chi connectivity index (χ0n) is 13.4. The minimum atomic E-state index is -0.642. The van der Waals surface area contributed by atoms with E-state index in [1.165, 1.54) is 6.07 Å². The number of hydrogen-bond donors (Lipinski definition) is 1. The summed E-state index contributed by atoms with van der Waals surface area (Å²) < 4.78 is 29.0. The second-order valence-electron chi connectivity index (χ2n) is 5.72. The number of halogens is 2. The van der Waals surface area contributed by atoms with E-state index in [2.05, 4.69) is 18.8 Å². The van der Waals surface area contributed by atoms with Gasteiger partial charge < -0.3 is 5.73 Å². The molecule has 0 unspecified atom stereocenters. The van der Waals surface area contributed by atoms with Crippen LogP contribution >= 0.6 is 0 Å². The molecule has 0 fully saturated rings. The second-order valence-corrected chi connectivity index (χ2v) is 5.72. The van der Waals surface area contributed by atoms with E-state index in [0.29, 0.717) is 22.0 Å². The van der Waals surface area contributed by atoms with Crippen LogP contribution in [0.1, 0.15) is 30.0 Å². The number of nitrogen functional groups attached to an aromatic ring is 1. The normalized spacial score (nSPS) is 10.5. The first kappa shape index (κ1) is 16.0. The largest absolute Gasteiger partial charge is 0.399 e. The van der Waals surface area contributed by atoms with Crippen molar-refractivity contribution in [3.05, 3.63) is 76.9 Å². The maximum atomic E-state index is 14.7. The number of fused-ring (bicyclic) bond motifs is 1. The number of benzene rings is 3. The minimum Gasteiger partial charge on any atom is -0.399 e. The lowest BCUT2D eigenvalue weighted by atomic mass is 10.0. The molecule has 2 N–H and O–H groups in total. The molecule has 0 aliphatic heterocycles. The molecular formula is C21H17F2N. The molecule has 0 bridgehead atoms. The first-order valence-electron chi connectivity index (χ1n) is 7.86. The van der Waals surface area contributed by atoms with Gasteiger partial charge in [0.1, 0.15) is 11.6 Å². The van der Waals surface area contributed by atoms with Crippen molar-refractivity contribution in [2.45, 2.75) is 19.8 Å². The summed E-state index contributed by atoms with van der Waals surface area (Å²) in [7, 11) is 0. The van der Waals surface area contributed by atoms with Gasteiger partial charge in [-0.05, 0) is 47.7 Å². The summed E-state index contributed by atoms with van der Waals surface area (Å²) in [5.41, 5.74) is 7.75. The van der Waals surface area contributed by atoms with E-state index in [-0.39, 0.29) is 5.56 Å². The third kappa shape index (κ3) is 3.23. The van der Waals surface area contributed by atoms with Crippen molar-refractivity contribution >= 4 is 16.5 Å². The number of aryl methyl sites for hydroxylation is 1. The molecule has 0 saturated heterocycles. The van der Waals surface area contributed by atoms with Crippen LogP contribution in [0.4, 0.5) is 14.5 Å². The van der Waals surface area contributed by atoms with E-state index in [1.807, 2.05) is 12.1 Å². The highest BCUT2D eigenvalue weighted by atomic mass is 19.1. The standard InChI is InChI=1S/C21H17F2N/c1-2-3-15-7-10-18-16(12-15)13-20(22)19(21(18)23)11-6-14-4-8-17(24)9-5-14/h4-5,7-10,12-13H,2-3,24H2,1H3. The van der Waals surface area contributed by atoms with E-state index in [4.69, 9.17) is 5.73 Å². The maximum Gasteiger partial charge on any atom is 0.149 e. The predicted octanol–water partition coefficient (Wildman–Crippen LogP) is 5.05. The molecule has 3 heteroatoms. The van der Waals surface area contributed by atoms with Crippen molar-refractivity contribution in [1.29, 1.82) is 0 Å². The lowest BCUT2D eigenvalue weighted by Crippen LogP contribution is -1.94. The highest BCUT2D eigenvalue weighted by molar-refractivity contribution is 5.85. The number of hydrogen-bond acceptors (Lipinski definition) is 1. The Kier molecular flexibility index (Phi) is 4.48. The van der Waals surface area contributed by atoms with Crippen LogP contribution in [0.15, 0.2) is 48.5 Å². The van der Waals surface area contributed by atoms with Gasteiger partial charge in [-0.3, -0.25) is 0 Å². The van der Waals surface area contributed by atoms with Gasteiger partial charge in [0, 0.05) is 16.6 Å². The van der Waals surface area contributed by atoms with Crippen LogP contribution in [0.5, 0.6) is 0 Å². The smallest absolute Gasteiger partial charge is 0.149 e. The van der Waals surface area contributed by atoms with Crippen LogP contribution in [0.3, 0.4) is 0 Å². The van der Waals surface area contributed by atoms with Gasteiger partial charge in [0.2, 0.25) is 0 Å². The first-order chi connectivity index (χ1) is 11.6. The molecule has 3 aromatic rings. The molecule has 3 rings (SSSR count).